The van der Waals surface area contributed by atoms with Crippen LogP contribution < -0.4 is 9.80 Å². The van der Waals surface area contributed by atoms with Crippen LogP contribution in [0.15, 0.2) is 291 Å². The van der Waals surface area contributed by atoms with Crippen molar-refractivity contribution in [2.24, 2.45) is 0 Å². The number of benzene rings is 10. The monoisotopic (exact) mass is 1020 g/mol. The number of nitrogens with zero attached hydrogens (tertiary/aromatic N) is 8. The molecule has 80 heavy (non-hydrogen) atoms. The van der Waals surface area contributed by atoms with E-state index in [1.54, 1.807) is 0 Å². The molecule has 0 saturated carbocycles. The Bertz CT molecular complexity index is 4120. The summed E-state index contributed by atoms with van der Waals surface area (Å²) < 4.78 is 0. The van der Waals surface area contributed by atoms with Gasteiger partial charge in [0.25, 0.3) is 0 Å². The molecule has 3 aromatic heterocycles. The van der Waals surface area contributed by atoms with Gasteiger partial charge in [-0.3, -0.25) is 4.90 Å². The number of aromatic nitrogens is 6. The molecule has 10 aromatic carbocycles. The van der Waals surface area contributed by atoms with Gasteiger partial charge in [-0.05, 0) is 65.7 Å². The average molecular weight is 1030 g/mol. The standard InChI is InChI=1S/C72H48N8/c1-8-26-49(27-9-1)56-45-69(79-65-40-22-24-42-67(65)80(68-43-25-23-41-66(68)79)72-77-62(53-34-16-5-17-35-53)47-63(78-72)54-36-18-6-19-37-54)58(64-48-61(52-32-14-4-15-33-52)73-70(76-64)55-38-20-7-21-39-55)44-57(56)71-74-59(50-28-10-2-11-29-50)46-60(75-71)51-30-12-3-13-31-51/h1-48H. The molecule has 8 heteroatoms. The number of para-hydroxylation sites is 4. The molecule has 0 saturated heterocycles. The molecule has 0 fully saturated rings. The molecule has 0 aliphatic carbocycles. The van der Waals surface area contributed by atoms with E-state index in [1.807, 2.05) is 84.9 Å². The second-order valence-electron chi connectivity index (χ2n) is 19.5. The summed E-state index contributed by atoms with van der Waals surface area (Å²) in [5.41, 5.74) is 18.8. The number of fused-ring (bicyclic) bond motifs is 2. The van der Waals surface area contributed by atoms with E-state index in [1.165, 1.54) is 0 Å². The molecule has 0 N–H and O–H groups in total. The maximum Gasteiger partial charge on any atom is 0.235 e. The minimum absolute atomic E-state index is 0.547. The van der Waals surface area contributed by atoms with Gasteiger partial charge in [0, 0.05) is 44.5 Å². The highest BCUT2D eigenvalue weighted by molar-refractivity contribution is 6.05. The Kier molecular flexibility index (Phi) is 12.4. The van der Waals surface area contributed by atoms with E-state index >= 15 is 0 Å². The fourth-order valence-electron chi connectivity index (χ4n) is 10.6. The molecule has 0 unspecified atom stereocenters. The van der Waals surface area contributed by atoms with Crippen LogP contribution in [-0.4, -0.2) is 29.9 Å². The Labute approximate surface area is 464 Å². The predicted octanol–water partition coefficient (Wildman–Crippen LogP) is 18.3. The van der Waals surface area contributed by atoms with Crippen molar-refractivity contribution in [3.05, 3.63) is 291 Å². The Morgan fingerprint density at radius 1 is 0.188 bits per heavy atom. The average Bonchev–Trinajstić information content (AvgIpc) is 3.66. The Balaban J connectivity index is 1.07. The summed E-state index contributed by atoms with van der Waals surface area (Å²) in [4.78, 5) is 37.2. The Morgan fingerprint density at radius 3 is 0.887 bits per heavy atom. The van der Waals surface area contributed by atoms with Crippen molar-refractivity contribution >= 4 is 34.4 Å². The van der Waals surface area contributed by atoms with Gasteiger partial charge in [0.1, 0.15) is 0 Å². The number of hydrogen-bond acceptors (Lipinski definition) is 8. The number of anilines is 6. The van der Waals surface area contributed by atoms with E-state index in [0.717, 1.165) is 118 Å². The van der Waals surface area contributed by atoms with E-state index in [9.17, 15) is 0 Å². The first-order valence-corrected chi connectivity index (χ1v) is 26.7. The van der Waals surface area contributed by atoms with Crippen LogP contribution in [0.1, 0.15) is 0 Å². The third-order valence-electron chi connectivity index (χ3n) is 14.5. The van der Waals surface area contributed by atoms with Crippen molar-refractivity contribution in [1.82, 2.24) is 29.9 Å². The lowest BCUT2D eigenvalue weighted by atomic mass is 9.92. The lowest BCUT2D eigenvalue weighted by molar-refractivity contribution is 1.06. The molecule has 0 amide bonds. The van der Waals surface area contributed by atoms with Gasteiger partial charge in [-0.1, -0.05) is 237 Å². The highest BCUT2D eigenvalue weighted by Gasteiger charge is 2.35. The Hall–Kier alpha value is -11.0. The van der Waals surface area contributed by atoms with Gasteiger partial charge in [-0.25, -0.2) is 29.9 Å². The molecular formula is C72H48N8. The van der Waals surface area contributed by atoms with E-state index in [-0.39, 0.29) is 0 Å². The molecule has 0 atom stereocenters. The van der Waals surface area contributed by atoms with Crippen molar-refractivity contribution in [3.8, 4) is 101 Å². The maximum atomic E-state index is 5.56. The normalized spacial score (nSPS) is 11.7. The molecule has 1 aliphatic rings. The first kappa shape index (κ1) is 47.5. The van der Waals surface area contributed by atoms with Crippen LogP contribution in [0.4, 0.5) is 34.4 Å². The first-order chi connectivity index (χ1) is 39.7. The Morgan fingerprint density at radius 2 is 0.487 bits per heavy atom. The molecule has 0 spiro atoms. The van der Waals surface area contributed by atoms with Gasteiger partial charge < -0.3 is 4.90 Å². The zero-order valence-electron chi connectivity index (χ0n) is 43.3. The summed E-state index contributed by atoms with van der Waals surface area (Å²) in [5.74, 6) is 1.73. The first-order valence-electron chi connectivity index (χ1n) is 26.7. The van der Waals surface area contributed by atoms with Gasteiger partial charge in [-0.15, -0.1) is 0 Å². The second kappa shape index (κ2) is 20.9. The van der Waals surface area contributed by atoms with Crippen LogP contribution in [0.2, 0.25) is 0 Å². The highest BCUT2D eigenvalue weighted by Crippen LogP contribution is 2.56. The molecule has 13 aromatic rings. The fourth-order valence-corrected chi connectivity index (χ4v) is 10.6. The number of rotatable bonds is 11. The van der Waals surface area contributed by atoms with Crippen LogP contribution in [0.3, 0.4) is 0 Å². The zero-order valence-corrected chi connectivity index (χ0v) is 43.3. The largest absolute Gasteiger partial charge is 0.306 e. The molecule has 4 heterocycles. The highest BCUT2D eigenvalue weighted by atomic mass is 15.3. The molecule has 1 aliphatic heterocycles. The van der Waals surface area contributed by atoms with E-state index in [0.29, 0.717) is 17.6 Å². The fraction of sp³-hybridized carbons (Fsp3) is 0. The zero-order chi connectivity index (χ0) is 53.2. The van der Waals surface area contributed by atoms with Crippen LogP contribution >= 0.6 is 0 Å². The smallest absolute Gasteiger partial charge is 0.235 e. The van der Waals surface area contributed by atoms with E-state index in [4.69, 9.17) is 29.9 Å². The van der Waals surface area contributed by atoms with Crippen LogP contribution in [0.5, 0.6) is 0 Å². The summed E-state index contributed by atoms with van der Waals surface area (Å²) in [6, 6.07) is 100. The number of hydrogen-bond donors (Lipinski definition) is 0. The SMILES string of the molecule is c1ccc(-c2cc(-c3cc(-c4nc(-c5ccccc5)cc(-c5ccccc5)n4)c(-c4ccccc4)cc3N3c4ccccc4N(c4nc(-c5ccccc5)cc(-c5ccccc5)n4)c4ccccc43)nc(-c3ccccc3)n2)cc1. The maximum absolute atomic E-state index is 5.56. The van der Waals surface area contributed by atoms with Crippen molar-refractivity contribution in [1.29, 1.82) is 0 Å². The lowest BCUT2D eigenvalue weighted by Crippen LogP contribution is -2.25. The van der Waals surface area contributed by atoms with Crippen molar-refractivity contribution in [2.75, 3.05) is 9.80 Å². The topological polar surface area (TPSA) is 83.8 Å². The molecule has 376 valence electrons. The molecule has 0 radical (unpaired) electrons. The van der Waals surface area contributed by atoms with Crippen LogP contribution in [-0.2, 0) is 0 Å². The quantitative estimate of drug-likeness (QED) is 0.127. The predicted molar refractivity (Wildman–Crippen MR) is 325 cm³/mol. The summed E-state index contributed by atoms with van der Waals surface area (Å²) in [5, 5.41) is 0. The summed E-state index contributed by atoms with van der Waals surface area (Å²) >= 11 is 0. The molecule has 0 bridgehead atoms. The summed E-state index contributed by atoms with van der Waals surface area (Å²) in [6.45, 7) is 0. The van der Waals surface area contributed by atoms with E-state index < -0.39 is 0 Å². The van der Waals surface area contributed by atoms with Gasteiger partial charge in [-0.2, -0.15) is 0 Å². The summed E-state index contributed by atoms with van der Waals surface area (Å²) in [7, 11) is 0. The van der Waals surface area contributed by atoms with Gasteiger partial charge >= 0.3 is 0 Å². The van der Waals surface area contributed by atoms with Crippen molar-refractivity contribution in [3.63, 3.8) is 0 Å². The summed E-state index contributed by atoms with van der Waals surface area (Å²) in [6.07, 6.45) is 0. The minimum atomic E-state index is 0.547. The second-order valence-corrected chi connectivity index (χ2v) is 19.5. The molecular weight excluding hydrogens is 977 g/mol. The molecule has 14 rings (SSSR count). The lowest BCUT2D eigenvalue weighted by Gasteiger charge is -2.40. The van der Waals surface area contributed by atoms with Crippen molar-refractivity contribution < 1.29 is 0 Å². The van der Waals surface area contributed by atoms with Gasteiger partial charge in [0.15, 0.2) is 11.6 Å². The van der Waals surface area contributed by atoms with Crippen LogP contribution in [0, 0.1) is 0 Å². The van der Waals surface area contributed by atoms with E-state index in [2.05, 4.69) is 216 Å². The minimum Gasteiger partial charge on any atom is -0.306 e. The third-order valence-corrected chi connectivity index (χ3v) is 14.5. The van der Waals surface area contributed by atoms with Gasteiger partial charge in [0.05, 0.1) is 62.6 Å². The molecule has 8 nitrogen and oxygen atoms in total. The van der Waals surface area contributed by atoms with Crippen molar-refractivity contribution in [2.45, 2.75) is 0 Å². The van der Waals surface area contributed by atoms with Crippen LogP contribution in [0.25, 0.3) is 101 Å². The van der Waals surface area contributed by atoms with Gasteiger partial charge in [0.2, 0.25) is 5.95 Å². The third kappa shape index (κ3) is 9.12.